The number of hydrogen-bond acceptors (Lipinski definition) is 8. The molecule has 5 N–H and O–H groups in total. The molecule has 0 aromatic heterocycles. The van der Waals surface area contributed by atoms with Crippen LogP contribution >= 0.6 is 11.8 Å². The van der Waals surface area contributed by atoms with Crippen molar-refractivity contribution in [3.05, 3.63) is 0 Å². The summed E-state index contributed by atoms with van der Waals surface area (Å²) in [5.41, 5.74) is -0.755. The lowest BCUT2D eigenvalue weighted by atomic mass is 9.92. The number of carbonyl (C=O) groups is 1. The standard InChI is InChI=1S/C18H34N2O6S/c1-5-6-10-7-11(20(3)8-10)17(25)19-12(9(2)21)16-14(23)13(22)15(24)18(26-16)27-4/h9-16,18,21-24H,5-8H2,1-4H3,(H,19,25)/t9-,10-,11-,12-,13+,14-,15+,16-,18-/m1/s1. The maximum absolute atomic E-state index is 12.8. The third kappa shape index (κ3) is 5.14. The molecule has 158 valence electrons. The molecule has 0 aromatic carbocycles. The van der Waals surface area contributed by atoms with Crippen molar-refractivity contribution >= 4 is 17.7 Å². The van der Waals surface area contributed by atoms with Gasteiger partial charge in [-0.1, -0.05) is 13.3 Å². The largest absolute Gasteiger partial charge is 0.391 e. The lowest BCUT2D eigenvalue weighted by Gasteiger charge is -2.44. The number of rotatable bonds is 7. The van der Waals surface area contributed by atoms with E-state index in [1.54, 1.807) is 6.26 Å². The first-order valence-electron chi connectivity index (χ1n) is 9.62. The number of amides is 1. The highest BCUT2D eigenvalue weighted by Crippen LogP contribution is 2.30. The Morgan fingerprint density at radius 3 is 2.52 bits per heavy atom. The van der Waals surface area contributed by atoms with Gasteiger partial charge in [0.2, 0.25) is 5.91 Å². The van der Waals surface area contributed by atoms with Crippen LogP contribution in [-0.4, -0.2) is 99.1 Å². The molecule has 9 atom stereocenters. The molecule has 0 saturated carbocycles. The van der Waals surface area contributed by atoms with Gasteiger partial charge in [-0.05, 0) is 39.0 Å². The first kappa shape index (κ1) is 22.9. The van der Waals surface area contributed by atoms with Gasteiger partial charge >= 0.3 is 0 Å². The summed E-state index contributed by atoms with van der Waals surface area (Å²) in [6, 6.07) is -1.20. The van der Waals surface area contributed by atoms with E-state index in [4.69, 9.17) is 4.74 Å². The normalized spacial score (nSPS) is 39.9. The Morgan fingerprint density at radius 2 is 1.96 bits per heavy atom. The summed E-state index contributed by atoms with van der Waals surface area (Å²) >= 11 is 1.20. The average Bonchev–Trinajstić information content (AvgIpc) is 2.99. The smallest absolute Gasteiger partial charge is 0.237 e. The number of aliphatic hydroxyl groups is 4. The molecule has 2 saturated heterocycles. The predicted octanol–water partition coefficient (Wildman–Crippen LogP) is -0.857. The van der Waals surface area contributed by atoms with Crippen LogP contribution in [0, 0.1) is 5.92 Å². The van der Waals surface area contributed by atoms with Crippen LogP contribution in [-0.2, 0) is 9.53 Å². The van der Waals surface area contributed by atoms with E-state index in [0.717, 1.165) is 25.8 Å². The van der Waals surface area contributed by atoms with Crippen molar-refractivity contribution in [2.24, 2.45) is 5.92 Å². The van der Waals surface area contributed by atoms with Crippen molar-refractivity contribution in [3.63, 3.8) is 0 Å². The molecule has 9 heteroatoms. The number of thioether (sulfide) groups is 1. The molecule has 2 fully saturated rings. The average molecular weight is 407 g/mol. The van der Waals surface area contributed by atoms with Crippen LogP contribution in [0.25, 0.3) is 0 Å². The van der Waals surface area contributed by atoms with E-state index in [-0.39, 0.29) is 11.9 Å². The third-order valence-corrected chi connectivity index (χ3v) is 6.51. The Morgan fingerprint density at radius 1 is 1.30 bits per heavy atom. The molecule has 0 unspecified atom stereocenters. The molecule has 0 radical (unpaired) electrons. The number of carbonyl (C=O) groups excluding carboxylic acids is 1. The summed E-state index contributed by atoms with van der Waals surface area (Å²) < 4.78 is 5.72. The molecule has 0 aliphatic carbocycles. The number of ether oxygens (including phenoxy) is 1. The van der Waals surface area contributed by atoms with Gasteiger partial charge in [0.1, 0.15) is 29.9 Å². The number of nitrogens with zero attached hydrogens (tertiary/aromatic N) is 1. The predicted molar refractivity (Wildman–Crippen MR) is 103 cm³/mol. The number of likely N-dealkylation sites (tertiary alicyclic amines) is 1. The Labute approximate surface area is 165 Å². The number of hydrogen-bond donors (Lipinski definition) is 5. The van der Waals surface area contributed by atoms with Crippen LogP contribution in [0.5, 0.6) is 0 Å². The second-order valence-electron chi connectivity index (χ2n) is 7.80. The summed E-state index contributed by atoms with van der Waals surface area (Å²) in [4.78, 5) is 14.9. The van der Waals surface area contributed by atoms with E-state index in [0.29, 0.717) is 5.92 Å². The number of likely N-dealkylation sites (N-methyl/N-ethyl adjacent to an activating group) is 1. The quantitative estimate of drug-likeness (QED) is 0.370. The molecule has 2 aliphatic heterocycles. The van der Waals surface area contributed by atoms with Crippen LogP contribution in [0.15, 0.2) is 0 Å². The summed E-state index contributed by atoms with van der Waals surface area (Å²) in [5.74, 6) is 0.245. The minimum absolute atomic E-state index is 0.223. The van der Waals surface area contributed by atoms with Crippen LogP contribution in [0.1, 0.15) is 33.1 Å². The summed E-state index contributed by atoms with van der Waals surface area (Å²) in [6.07, 6.45) is -1.50. The van der Waals surface area contributed by atoms with E-state index < -0.39 is 42.0 Å². The highest BCUT2D eigenvalue weighted by Gasteiger charge is 2.48. The van der Waals surface area contributed by atoms with Gasteiger partial charge < -0.3 is 30.5 Å². The van der Waals surface area contributed by atoms with Gasteiger partial charge in [0.15, 0.2) is 0 Å². The van der Waals surface area contributed by atoms with E-state index in [1.807, 2.05) is 11.9 Å². The van der Waals surface area contributed by atoms with Gasteiger partial charge in [-0.25, -0.2) is 0 Å². The molecule has 8 nitrogen and oxygen atoms in total. The Hall–Kier alpha value is -0.420. The second-order valence-corrected chi connectivity index (χ2v) is 8.73. The minimum Gasteiger partial charge on any atom is -0.391 e. The van der Waals surface area contributed by atoms with Crippen LogP contribution in [0.4, 0.5) is 0 Å². The lowest BCUT2D eigenvalue weighted by molar-refractivity contribution is -0.211. The van der Waals surface area contributed by atoms with Gasteiger partial charge in [0.05, 0.1) is 18.2 Å². The zero-order chi connectivity index (χ0) is 20.3. The summed E-state index contributed by atoms with van der Waals surface area (Å²) in [5, 5.41) is 43.5. The zero-order valence-corrected chi connectivity index (χ0v) is 17.3. The highest BCUT2D eigenvalue weighted by atomic mass is 32.2. The van der Waals surface area contributed by atoms with Gasteiger partial charge in [0.25, 0.3) is 0 Å². The molecular formula is C18H34N2O6S. The molecule has 2 heterocycles. The molecule has 2 aliphatic rings. The van der Waals surface area contributed by atoms with Crippen LogP contribution < -0.4 is 5.32 Å². The van der Waals surface area contributed by atoms with E-state index in [2.05, 4.69) is 12.2 Å². The molecular weight excluding hydrogens is 372 g/mol. The maximum atomic E-state index is 12.8. The fourth-order valence-corrected chi connectivity index (χ4v) is 4.81. The summed E-state index contributed by atoms with van der Waals surface area (Å²) in [7, 11) is 1.91. The van der Waals surface area contributed by atoms with Crippen molar-refractivity contribution in [1.82, 2.24) is 10.2 Å². The molecule has 0 aromatic rings. The molecule has 0 spiro atoms. The topological polar surface area (TPSA) is 122 Å². The first-order chi connectivity index (χ1) is 12.7. The van der Waals surface area contributed by atoms with Crippen molar-refractivity contribution < 1.29 is 30.0 Å². The van der Waals surface area contributed by atoms with E-state index in [9.17, 15) is 25.2 Å². The minimum atomic E-state index is -1.42. The van der Waals surface area contributed by atoms with Gasteiger partial charge in [-0.15, -0.1) is 11.8 Å². The molecule has 0 bridgehead atoms. The Balaban J connectivity index is 2.09. The fraction of sp³-hybridized carbons (Fsp3) is 0.944. The van der Waals surface area contributed by atoms with Crippen molar-refractivity contribution in [2.75, 3.05) is 19.8 Å². The van der Waals surface area contributed by atoms with Crippen LogP contribution in [0.2, 0.25) is 0 Å². The van der Waals surface area contributed by atoms with Crippen molar-refractivity contribution in [2.45, 2.75) is 81.1 Å². The first-order valence-corrected chi connectivity index (χ1v) is 10.9. The third-order valence-electron chi connectivity index (χ3n) is 5.66. The number of nitrogens with one attached hydrogen (secondary N) is 1. The van der Waals surface area contributed by atoms with Crippen molar-refractivity contribution in [3.8, 4) is 0 Å². The summed E-state index contributed by atoms with van der Waals surface area (Å²) in [6.45, 7) is 4.48. The number of aliphatic hydroxyl groups excluding tert-OH is 4. The molecule has 2 rings (SSSR count). The van der Waals surface area contributed by atoms with Crippen molar-refractivity contribution in [1.29, 1.82) is 0 Å². The second kappa shape index (κ2) is 9.87. The van der Waals surface area contributed by atoms with E-state index in [1.165, 1.54) is 18.7 Å². The Kier molecular flexibility index (Phi) is 8.35. The maximum Gasteiger partial charge on any atom is 0.237 e. The zero-order valence-electron chi connectivity index (χ0n) is 16.5. The SMILES string of the molecule is CCC[C@@H]1C[C@H](C(=O)N[C@@H]([C@H]2O[C@H](SC)[C@@H](O)[C@@H](O)[C@H]2O)[C@@H](C)O)N(C)C1. The Bertz CT molecular complexity index is 494. The fourth-order valence-electron chi connectivity index (χ4n) is 4.13. The highest BCUT2D eigenvalue weighted by molar-refractivity contribution is 7.99. The molecule has 1 amide bonds. The van der Waals surface area contributed by atoms with Crippen LogP contribution in [0.3, 0.4) is 0 Å². The lowest BCUT2D eigenvalue weighted by Crippen LogP contribution is -2.65. The molecule has 27 heavy (non-hydrogen) atoms. The van der Waals surface area contributed by atoms with Gasteiger partial charge in [-0.2, -0.15) is 0 Å². The van der Waals surface area contributed by atoms with E-state index >= 15 is 0 Å². The van der Waals surface area contributed by atoms with Gasteiger partial charge in [-0.3, -0.25) is 9.69 Å². The van der Waals surface area contributed by atoms with Gasteiger partial charge in [0, 0.05) is 6.54 Å². The monoisotopic (exact) mass is 406 g/mol.